The summed E-state index contributed by atoms with van der Waals surface area (Å²) in [5.41, 5.74) is 0. The maximum atomic E-state index is 11.4. The van der Waals surface area contributed by atoms with E-state index in [0.717, 1.165) is 36.5 Å². The smallest absolute Gasteiger partial charge is 0.208 e. The predicted molar refractivity (Wildman–Crippen MR) is 82.0 cm³/mol. The average molecular weight is 324 g/mol. The summed E-state index contributed by atoms with van der Waals surface area (Å²) >= 11 is 0. The number of hydrogen-bond donors (Lipinski definition) is 0. The fourth-order valence-corrected chi connectivity index (χ4v) is 2.81. The average Bonchev–Trinajstić information content (AvgIpc) is 2.41. The van der Waals surface area contributed by atoms with Crippen LogP contribution in [0.5, 0.6) is 0 Å². The first kappa shape index (κ1) is 19.3. The van der Waals surface area contributed by atoms with Crippen LogP contribution in [0, 0.1) is 0 Å². The molecule has 0 fully saturated rings. The summed E-state index contributed by atoms with van der Waals surface area (Å²) in [6.07, 6.45) is 3.17. The van der Waals surface area contributed by atoms with Crippen LogP contribution in [-0.4, -0.2) is 52.6 Å². The number of hydrogen-bond acceptors (Lipinski definition) is 4. The molecule has 0 aromatic rings. The van der Waals surface area contributed by atoms with E-state index in [2.05, 4.69) is 13.2 Å². The highest BCUT2D eigenvalue weighted by molar-refractivity contribution is 7.92. The highest BCUT2D eigenvalue weighted by Crippen LogP contribution is 2.07. The van der Waals surface area contributed by atoms with Crippen LogP contribution in [0.15, 0.2) is 24.0 Å². The van der Waals surface area contributed by atoms with Gasteiger partial charge in [-0.15, -0.1) is 0 Å². The van der Waals surface area contributed by atoms with E-state index in [4.69, 9.17) is 0 Å². The maximum absolute atomic E-state index is 11.4. The molecule has 8 heteroatoms. The van der Waals surface area contributed by atoms with Gasteiger partial charge in [0.2, 0.25) is 20.0 Å². The van der Waals surface area contributed by atoms with Gasteiger partial charge < -0.3 is 0 Å². The van der Waals surface area contributed by atoms with Crippen LogP contribution < -0.4 is 0 Å². The van der Waals surface area contributed by atoms with E-state index in [1.54, 1.807) is 0 Å². The normalized spacial score (nSPS) is 12.8. The molecule has 0 unspecified atom stereocenters. The Bertz CT molecular complexity index is 464. The standard InChI is InChI=1S/C12H24N2O4S2/c1-5-19(15,16)13(3)11-9-7-8-10-12-14(4)20(17,18)6-2/h5-6H,1-2,7-12H2,3-4H3. The lowest BCUT2D eigenvalue weighted by Gasteiger charge is -2.15. The van der Waals surface area contributed by atoms with Gasteiger partial charge in [0.1, 0.15) is 0 Å². The molecule has 0 aliphatic heterocycles. The van der Waals surface area contributed by atoms with Gasteiger partial charge in [0.25, 0.3) is 0 Å². The lowest BCUT2D eigenvalue weighted by molar-refractivity contribution is 0.437. The molecule has 0 heterocycles. The lowest BCUT2D eigenvalue weighted by Crippen LogP contribution is -2.26. The molecule has 0 amide bonds. The van der Waals surface area contributed by atoms with Crippen molar-refractivity contribution in [1.82, 2.24) is 8.61 Å². The minimum absolute atomic E-state index is 0.440. The molecule has 0 aromatic carbocycles. The molecule has 0 spiro atoms. The highest BCUT2D eigenvalue weighted by Gasteiger charge is 2.13. The van der Waals surface area contributed by atoms with Gasteiger partial charge in [0, 0.05) is 38.0 Å². The van der Waals surface area contributed by atoms with Crippen LogP contribution in [0.3, 0.4) is 0 Å². The van der Waals surface area contributed by atoms with Crippen molar-refractivity contribution in [1.29, 1.82) is 0 Å². The molecule has 20 heavy (non-hydrogen) atoms. The molecule has 6 nitrogen and oxygen atoms in total. The molecule has 0 N–H and O–H groups in total. The van der Waals surface area contributed by atoms with Gasteiger partial charge in [0.05, 0.1) is 0 Å². The summed E-state index contributed by atoms with van der Waals surface area (Å²) in [7, 11) is -3.63. The molecule has 0 saturated heterocycles. The Labute approximate surface area is 122 Å². The molecule has 0 aromatic heterocycles. The summed E-state index contributed by atoms with van der Waals surface area (Å²) in [6, 6.07) is 0. The second kappa shape index (κ2) is 8.56. The quantitative estimate of drug-likeness (QED) is 0.538. The lowest BCUT2D eigenvalue weighted by atomic mass is 10.2. The predicted octanol–water partition coefficient (Wildman–Crippen LogP) is 1.36. The molecule has 0 atom stereocenters. The van der Waals surface area contributed by atoms with Gasteiger partial charge in [-0.3, -0.25) is 0 Å². The van der Waals surface area contributed by atoms with Crippen molar-refractivity contribution in [3.63, 3.8) is 0 Å². The molecule has 118 valence electrons. The third-order valence-electron chi connectivity index (χ3n) is 2.99. The highest BCUT2D eigenvalue weighted by atomic mass is 32.2. The summed E-state index contributed by atoms with van der Waals surface area (Å²) in [5.74, 6) is 0. The van der Waals surface area contributed by atoms with Crippen molar-refractivity contribution in [2.75, 3.05) is 27.2 Å². The van der Waals surface area contributed by atoms with E-state index in [9.17, 15) is 16.8 Å². The Balaban J connectivity index is 3.85. The monoisotopic (exact) mass is 324 g/mol. The molecule has 0 aliphatic rings. The van der Waals surface area contributed by atoms with Crippen LogP contribution in [0.2, 0.25) is 0 Å². The van der Waals surface area contributed by atoms with E-state index in [0.29, 0.717) is 13.1 Å². The van der Waals surface area contributed by atoms with E-state index in [-0.39, 0.29) is 0 Å². The summed E-state index contributed by atoms with van der Waals surface area (Å²) in [6.45, 7) is 7.40. The molecule has 0 radical (unpaired) electrons. The first-order chi connectivity index (χ1) is 9.17. The Hall–Kier alpha value is -0.700. The van der Waals surface area contributed by atoms with Gasteiger partial charge in [-0.25, -0.2) is 25.4 Å². The van der Waals surface area contributed by atoms with E-state index in [1.165, 1.54) is 22.7 Å². The topological polar surface area (TPSA) is 74.8 Å². The van der Waals surface area contributed by atoms with Crippen LogP contribution in [0.4, 0.5) is 0 Å². The number of sulfonamides is 2. The minimum atomic E-state index is -3.33. The molecule has 0 bridgehead atoms. The van der Waals surface area contributed by atoms with Crippen molar-refractivity contribution in [3.8, 4) is 0 Å². The summed E-state index contributed by atoms with van der Waals surface area (Å²) < 4.78 is 48.0. The van der Waals surface area contributed by atoms with Gasteiger partial charge in [-0.05, 0) is 12.8 Å². The Morgan fingerprint density at radius 3 is 1.30 bits per heavy atom. The molecular weight excluding hydrogens is 300 g/mol. The molecular formula is C12H24N2O4S2. The summed E-state index contributed by atoms with van der Waals surface area (Å²) in [5, 5.41) is 1.87. The first-order valence-electron chi connectivity index (χ1n) is 6.35. The molecule has 0 saturated carbocycles. The van der Waals surface area contributed by atoms with Crippen LogP contribution >= 0.6 is 0 Å². The Morgan fingerprint density at radius 2 is 1.05 bits per heavy atom. The first-order valence-corrected chi connectivity index (χ1v) is 9.35. The van der Waals surface area contributed by atoms with Crippen LogP contribution in [0.1, 0.15) is 25.7 Å². The van der Waals surface area contributed by atoms with Crippen molar-refractivity contribution in [3.05, 3.63) is 24.0 Å². The zero-order valence-corrected chi connectivity index (χ0v) is 13.8. The van der Waals surface area contributed by atoms with Crippen molar-refractivity contribution >= 4 is 20.0 Å². The van der Waals surface area contributed by atoms with Crippen LogP contribution in [0.25, 0.3) is 0 Å². The fraction of sp³-hybridized carbons (Fsp3) is 0.667. The zero-order valence-electron chi connectivity index (χ0n) is 12.2. The third-order valence-corrected chi connectivity index (χ3v) is 5.93. The minimum Gasteiger partial charge on any atom is -0.208 e. The SMILES string of the molecule is C=CS(=O)(=O)N(C)CCCCCCN(C)S(=O)(=O)C=C. The van der Waals surface area contributed by atoms with Crippen LogP contribution in [-0.2, 0) is 20.0 Å². The Kier molecular flexibility index (Phi) is 8.26. The maximum Gasteiger partial charge on any atom is 0.235 e. The zero-order chi connectivity index (χ0) is 15.8. The second-order valence-electron chi connectivity index (χ2n) is 4.48. The van der Waals surface area contributed by atoms with Gasteiger partial charge in [0.15, 0.2) is 0 Å². The van der Waals surface area contributed by atoms with E-state index in [1.807, 2.05) is 0 Å². The fourth-order valence-electron chi connectivity index (χ4n) is 1.53. The van der Waals surface area contributed by atoms with Gasteiger partial charge in [-0.1, -0.05) is 26.0 Å². The second-order valence-corrected chi connectivity index (χ2v) is 8.45. The Morgan fingerprint density at radius 1 is 0.750 bits per heavy atom. The van der Waals surface area contributed by atoms with Gasteiger partial charge >= 0.3 is 0 Å². The number of nitrogens with zero attached hydrogens (tertiary/aromatic N) is 2. The molecule has 0 rings (SSSR count). The van der Waals surface area contributed by atoms with Crippen molar-refractivity contribution < 1.29 is 16.8 Å². The number of unbranched alkanes of at least 4 members (excludes halogenated alkanes) is 3. The van der Waals surface area contributed by atoms with E-state index < -0.39 is 20.0 Å². The third kappa shape index (κ3) is 6.65. The molecule has 0 aliphatic carbocycles. The van der Waals surface area contributed by atoms with E-state index >= 15 is 0 Å². The van der Waals surface area contributed by atoms with Gasteiger partial charge in [-0.2, -0.15) is 0 Å². The number of rotatable bonds is 11. The largest absolute Gasteiger partial charge is 0.235 e. The van der Waals surface area contributed by atoms with Crippen molar-refractivity contribution in [2.45, 2.75) is 25.7 Å². The summed E-state index contributed by atoms with van der Waals surface area (Å²) in [4.78, 5) is 0. The van der Waals surface area contributed by atoms with Crippen molar-refractivity contribution in [2.24, 2.45) is 0 Å².